The topological polar surface area (TPSA) is 26.0 Å². The van der Waals surface area contributed by atoms with Crippen LogP contribution in [-0.2, 0) is 0 Å². The summed E-state index contributed by atoms with van der Waals surface area (Å²) >= 11 is 0. The Morgan fingerprint density at radius 1 is 1.78 bits per heavy atom. The summed E-state index contributed by atoms with van der Waals surface area (Å²) in [6.07, 6.45) is 4.79. The SMILES string of the molecule is CC(N)(F)C1=CCCC1. The van der Waals surface area contributed by atoms with E-state index in [-0.39, 0.29) is 0 Å². The number of hydrogen-bond donors (Lipinski definition) is 1. The maximum absolute atomic E-state index is 12.8. The Labute approximate surface area is 54.7 Å². The van der Waals surface area contributed by atoms with Crippen LogP contribution in [0, 0.1) is 0 Å². The van der Waals surface area contributed by atoms with Crippen LogP contribution in [0.3, 0.4) is 0 Å². The Morgan fingerprint density at radius 3 is 2.67 bits per heavy atom. The standard InChI is InChI=1S/C7H12FN/c1-7(8,9)6-4-2-3-5-6/h4H,2-3,5,9H2,1H3. The van der Waals surface area contributed by atoms with Crippen molar-refractivity contribution in [2.45, 2.75) is 32.0 Å². The van der Waals surface area contributed by atoms with E-state index >= 15 is 0 Å². The van der Waals surface area contributed by atoms with E-state index in [2.05, 4.69) is 0 Å². The molecule has 0 radical (unpaired) electrons. The third-order valence-electron chi connectivity index (χ3n) is 1.67. The van der Waals surface area contributed by atoms with Crippen LogP contribution in [0.15, 0.2) is 11.6 Å². The Kier molecular flexibility index (Phi) is 1.58. The highest BCUT2D eigenvalue weighted by Gasteiger charge is 2.23. The van der Waals surface area contributed by atoms with Crippen LogP contribution in [-0.4, -0.2) is 5.79 Å². The minimum absolute atomic E-state index is 0.766. The summed E-state index contributed by atoms with van der Waals surface area (Å²) in [5, 5.41) is 0. The molecule has 1 unspecified atom stereocenters. The van der Waals surface area contributed by atoms with Gasteiger partial charge in [-0.3, -0.25) is 5.73 Å². The second-order valence-corrected chi connectivity index (χ2v) is 2.70. The lowest BCUT2D eigenvalue weighted by Crippen LogP contribution is -2.31. The first-order chi connectivity index (χ1) is 4.11. The maximum atomic E-state index is 12.8. The van der Waals surface area contributed by atoms with Crippen LogP contribution >= 0.6 is 0 Å². The largest absolute Gasteiger partial charge is 0.296 e. The van der Waals surface area contributed by atoms with Crippen molar-refractivity contribution in [1.82, 2.24) is 0 Å². The summed E-state index contributed by atoms with van der Waals surface area (Å²) in [6.45, 7) is 1.41. The van der Waals surface area contributed by atoms with Gasteiger partial charge in [-0.15, -0.1) is 0 Å². The summed E-state index contributed by atoms with van der Waals surface area (Å²) in [5.41, 5.74) is 5.97. The molecule has 1 aliphatic rings. The van der Waals surface area contributed by atoms with Crippen LogP contribution < -0.4 is 5.73 Å². The van der Waals surface area contributed by atoms with E-state index in [9.17, 15) is 4.39 Å². The van der Waals surface area contributed by atoms with Gasteiger partial charge in [-0.1, -0.05) is 6.08 Å². The summed E-state index contributed by atoms with van der Waals surface area (Å²) in [4.78, 5) is 0. The quantitative estimate of drug-likeness (QED) is 0.423. The van der Waals surface area contributed by atoms with Gasteiger partial charge in [-0.2, -0.15) is 0 Å². The van der Waals surface area contributed by atoms with Crippen LogP contribution in [0.5, 0.6) is 0 Å². The van der Waals surface area contributed by atoms with Crippen molar-refractivity contribution in [2.24, 2.45) is 5.73 Å². The molecule has 0 amide bonds. The molecule has 0 bridgehead atoms. The van der Waals surface area contributed by atoms with Gasteiger partial charge in [0.15, 0.2) is 5.79 Å². The van der Waals surface area contributed by atoms with E-state index in [1.54, 1.807) is 0 Å². The normalized spacial score (nSPS) is 25.4. The van der Waals surface area contributed by atoms with Crippen molar-refractivity contribution < 1.29 is 4.39 Å². The molecule has 0 heterocycles. The molecule has 0 spiro atoms. The highest BCUT2D eigenvalue weighted by molar-refractivity contribution is 5.16. The zero-order chi connectivity index (χ0) is 6.91. The van der Waals surface area contributed by atoms with Gasteiger partial charge in [0.25, 0.3) is 0 Å². The van der Waals surface area contributed by atoms with Crippen molar-refractivity contribution >= 4 is 0 Å². The van der Waals surface area contributed by atoms with E-state index in [0.717, 1.165) is 24.8 Å². The Morgan fingerprint density at radius 2 is 2.44 bits per heavy atom. The van der Waals surface area contributed by atoms with Crippen LogP contribution in [0.25, 0.3) is 0 Å². The minimum atomic E-state index is -1.56. The third-order valence-corrected chi connectivity index (χ3v) is 1.67. The smallest absolute Gasteiger partial charge is 0.178 e. The van der Waals surface area contributed by atoms with Gasteiger partial charge in [0.2, 0.25) is 0 Å². The molecule has 1 atom stereocenters. The van der Waals surface area contributed by atoms with Gasteiger partial charge in [-0.25, -0.2) is 4.39 Å². The Balaban J connectivity index is 2.61. The molecular formula is C7H12FN. The monoisotopic (exact) mass is 129 g/mol. The highest BCUT2D eigenvalue weighted by atomic mass is 19.1. The van der Waals surface area contributed by atoms with Gasteiger partial charge in [-0.05, 0) is 31.8 Å². The van der Waals surface area contributed by atoms with E-state index in [1.807, 2.05) is 6.08 Å². The first-order valence-electron chi connectivity index (χ1n) is 3.28. The number of halogens is 1. The number of alkyl halides is 1. The molecule has 2 N–H and O–H groups in total. The second-order valence-electron chi connectivity index (χ2n) is 2.70. The lowest BCUT2D eigenvalue weighted by Gasteiger charge is -2.14. The zero-order valence-corrected chi connectivity index (χ0v) is 5.65. The molecule has 0 fully saturated rings. The van der Waals surface area contributed by atoms with Crippen molar-refractivity contribution in [3.63, 3.8) is 0 Å². The highest BCUT2D eigenvalue weighted by Crippen LogP contribution is 2.26. The van der Waals surface area contributed by atoms with E-state index in [0.29, 0.717) is 0 Å². The summed E-state index contributed by atoms with van der Waals surface area (Å²) in [6, 6.07) is 0. The molecule has 52 valence electrons. The van der Waals surface area contributed by atoms with Gasteiger partial charge in [0, 0.05) is 0 Å². The molecule has 2 heteroatoms. The van der Waals surface area contributed by atoms with Gasteiger partial charge in [0.1, 0.15) is 0 Å². The van der Waals surface area contributed by atoms with Crippen LogP contribution in [0.4, 0.5) is 4.39 Å². The summed E-state index contributed by atoms with van der Waals surface area (Å²) < 4.78 is 12.8. The second kappa shape index (κ2) is 2.10. The predicted molar refractivity (Wildman–Crippen MR) is 35.6 cm³/mol. The summed E-state index contributed by atoms with van der Waals surface area (Å²) in [7, 11) is 0. The van der Waals surface area contributed by atoms with Gasteiger partial charge in [0.05, 0.1) is 0 Å². The molecule has 0 saturated carbocycles. The fourth-order valence-corrected chi connectivity index (χ4v) is 1.11. The number of hydrogen-bond acceptors (Lipinski definition) is 1. The third kappa shape index (κ3) is 1.52. The van der Waals surface area contributed by atoms with Crippen LogP contribution in [0.2, 0.25) is 0 Å². The lowest BCUT2D eigenvalue weighted by molar-refractivity contribution is 0.246. The van der Waals surface area contributed by atoms with E-state index in [4.69, 9.17) is 5.73 Å². The molecule has 9 heavy (non-hydrogen) atoms. The van der Waals surface area contributed by atoms with Gasteiger partial charge < -0.3 is 0 Å². The molecule has 1 rings (SSSR count). The Bertz CT molecular complexity index is 132. The molecule has 1 aliphatic carbocycles. The number of rotatable bonds is 1. The fourth-order valence-electron chi connectivity index (χ4n) is 1.11. The number of nitrogens with two attached hydrogens (primary N) is 1. The zero-order valence-electron chi connectivity index (χ0n) is 5.65. The van der Waals surface area contributed by atoms with Crippen molar-refractivity contribution in [1.29, 1.82) is 0 Å². The molecule has 0 aliphatic heterocycles. The first-order valence-corrected chi connectivity index (χ1v) is 3.28. The molecule has 0 aromatic heterocycles. The Hall–Kier alpha value is -0.370. The van der Waals surface area contributed by atoms with Gasteiger partial charge >= 0.3 is 0 Å². The first kappa shape index (κ1) is 6.75. The minimum Gasteiger partial charge on any atom is -0.296 e. The lowest BCUT2D eigenvalue weighted by atomic mass is 10.1. The molecule has 0 aromatic carbocycles. The van der Waals surface area contributed by atoms with E-state index < -0.39 is 5.79 Å². The molecule has 1 nitrogen and oxygen atoms in total. The fraction of sp³-hybridized carbons (Fsp3) is 0.714. The maximum Gasteiger partial charge on any atom is 0.178 e. The van der Waals surface area contributed by atoms with Crippen molar-refractivity contribution in [3.8, 4) is 0 Å². The number of allylic oxidation sites excluding steroid dienone is 1. The predicted octanol–water partition coefficient (Wildman–Crippen LogP) is 1.74. The van der Waals surface area contributed by atoms with Crippen molar-refractivity contribution in [3.05, 3.63) is 11.6 Å². The average molecular weight is 129 g/mol. The summed E-state index contributed by atoms with van der Waals surface area (Å²) in [5.74, 6) is -1.56. The van der Waals surface area contributed by atoms with E-state index in [1.165, 1.54) is 6.92 Å². The van der Waals surface area contributed by atoms with Crippen molar-refractivity contribution in [2.75, 3.05) is 0 Å². The molecule has 0 saturated heterocycles. The molecule has 0 aromatic rings. The average Bonchev–Trinajstić information content (AvgIpc) is 2.08. The molecular weight excluding hydrogens is 117 g/mol. The van der Waals surface area contributed by atoms with Crippen LogP contribution in [0.1, 0.15) is 26.2 Å².